The van der Waals surface area contributed by atoms with Gasteiger partial charge in [0.25, 0.3) is 0 Å². The highest BCUT2D eigenvalue weighted by Crippen LogP contribution is 2.23. The number of benzene rings is 2. The van der Waals surface area contributed by atoms with E-state index in [0.717, 1.165) is 5.56 Å². The molecule has 112 valence electrons. The Morgan fingerprint density at radius 2 is 1.76 bits per heavy atom. The predicted molar refractivity (Wildman–Crippen MR) is 85.4 cm³/mol. The van der Waals surface area contributed by atoms with E-state index in [1.165, 1.54) is 6.07 Å². The molecule has 6 heteroatoms. The Morgan fingerprint density at radius 3 is 2.38 bits per heavy atom. The molecule has 0 amide bonds. The van der Waals surface area contributed by atoms with Crippen LogP contribution in [0.3, 0.4) is 0 Å². The van der Waals surface area contributed by atoms with Gasteiger partial charge in [-0.15, -0.1) is 0 Å². The van der Waals surface area contributed by atoms with Crippen LogP contribution in [0.1, 0.15) is 11.1 Å². The molecule has 0 unspecified atom stereocenters. The van der Waals surface area contributed by atoms with Crippen LogP contribution in [0, 0.1) is 0 Å². The van der Waals surface area contributed by atoms with Crippen molar-refractivity contribution in [2.45, 2.75) is 17.9 Å². The van der Waals surface area contributed by atoms with E-state index in [1.807, 2.05) is 30.3 Å². The Labute approximate surface area is 133 Å². The Morgan fingerprint density at radius 1 is 1.05 bits per heavy atom. The summed E-state index contributed by atoms with van der Waals surface area (Å²) in [5.41, 5.74) is 1.74. The zero-order valence-corrected chi connectivity index (χ0v) is 13.7. The zero-order chi connectivity index (χ0) is 15.3. The highest BCUT2D eigenvalue weighted by atomic mass is 79.9. The summed E-state index contributed by atoms with van der Waals surface area (Å²) in [5.74, 6) is 0. The summed E-state index contributed by atoms with van der Waals surface area (Å²) in [6.07, 6.45) is 0.631. The molecule has 2 aromatic carbocycles. The number of halogens is 1. The standard InChI is InChI=1S/C15H16BrNO3S/c16-14-10-13(11-18)6-7-15(14)21(19,20)17-9-8-12-4-2-1-3-5-12/h1-7,10,17-18H,8-9,11H2. The summed E-state index contributed by atoms with van der Waals surface area (Å²) in [5, 5.41) is 9.04. The summed E-state index contributed by atoms with van der Waals surface area (Å²) in [4.78, 5) is 0.174. The first kappa shape index (κ1) is 16.2. The minimum Gasteiger partial charge on any atom is -0.392 e. The lowest BCUT2D eigenvalue weighted by atomic mass is 10.2. The van der Waals surface area contributed by atoms with Gasteiger partial charge in [-0.25, -0.2) is 13.1 Å². The van der Waals surface area contributed by atoms with E-state index in [4.69, 9.17) is 5.11 Å². The third-order valence-corrected chi connectivity index (χ3v) is 5.45. The average Bonchev–Trinajstić information content (AvgIpc) is 2.47. The highest BCUT2D eigenvalue weighted by Gasteiger charge is 2.17. The second-order valence-corrected chi connectivity index (χ2v) is 7.15. The van der Waals surface area contributed by atoms with Gasteiger partial charge in [-0.2, -0.15) is 0 Å². The number of sulfonamides is 1. The predicted octanol–water partition coefficient (Wildman–Crippen LogP) is 2.46. The Hall–Kier alpha value is -1.21. The molecule has 0 aliphatic rings. The Bertz CT molecular complexity index is 702. The lowest BCUT2D eigenvalue weighted by Gasteiger charge is -2.09. The van der Waals surface area contributed by atoms with Gasteiger partial charge in [0.2, 0.25) is 10.0 Å². The maximum Gasteiger partial charge on any atom is 0.241 e. The van der Waals surface area contributed by atoms with Crippen LogP contribution in [0.25, 0.3) is 0 Å². The minimum atomic E-state index is -3.56. The summed E-state index contributed by atoms with van der Waals surface area (Å²) in [7, 11) is -3.56. The Kier molecular flexibility index (Phi) is 5.52. The molecule has 0 fully saturated rings. The number of hydrogen-bond acceptors (Lipinski definition) is 3. The van der Waals surface area contributed by atoms with Crippen LogP contribution in [0.2, 0.25) is 0 Å². The molecule has 0 saturated carbocycles. The van der Waals surface area contributed by atoms with Crippen molar-refractivity contribution in [3.63, 3.8) is 0 Å². The van der Waals surface area contributed by atoms with Crippen LogP contribution < -0.4 is 4.72 Å². The van der Waals surface area contributed by atoms with Gasteiger partial charge in [-0.3, -0.25) is 0 Å². The largest absolute Gasteiger partial charge is 0.392 e. The van der Waals surface area contributed by atoms with Crippen LogP contribution in [0.4, 0.5) is 0 Å². The molecule has 0 atom stereocenters. The molecule has 21 heavy (non-hydrogen) atoms. The molecule has 0 spiro atoms. The molecule has 0 saturated heterocycles. The Balaban J connectivity index is 2.05. The van der Waals surface area contributed by atoms with Crippen molar-refractivity contribution < 1.29 is 13.5 Å². The molecule has 0 heterocycles. The molecular formula is C15H16BrNO3S. The third kappa shape index (κ3) is 4.38. The van der Waals surface area contributed by atoms with Crippen molar-refractivity contribution in [3.8, 4) is 0 Å². The van der Waals surface area contributed by atoms with E-state index in [1.54, 1.807) is 12.1 Å². The van der Waals surface area contributed by atoms with Gasteiger partial charge in [-0.1, -0.05) is 36.4 Å². The molecule has 2 rings (SSSR count). The first-order chi connectivity index (χ1) is 10.0. The summed E-state index contributed by atoms with van der Waals surface area (Å²) in [6.45, 7) is 0.209. The minimum absolute atomic E-state index is 0.125. The lowest BCUT2D eigenvalue weighted by Crippen LogP contribution is -2.26. The van der Waals surface area contributed by atoms with Crippen LogP contribution in [-0.2, 0) is 23.1 Å². The van der Waals surface area contributed by atoms with Gasteiger partial charge in [0.1, 0.15) is 0 Å². The summed E-state index contributed by atoms with van der Waals surface area (Å²) in [6, 6.07) is 14.4. The van der Waals surface area contributed by atoms with Gasteiger partial charge in [-0.05, 0) is 45.6 Å². The van der Waals surface area contributed by atoms with Gasteiger partial charge < -0.3 is 5.11 Å². The average molecular weight is 370 g/mol. The molecular weight excluding hydrogens is 354 g/mol. The molecule has 2 aromatic rings. The maximum atomic E-state index is 12.2. The number of aliphatic hydroxyl groups excluding tert-OH is 1. The first-order valence-electron chi connectivity index (χ1n) is 6.46. The fourth-order valence-electron chi connectivity index (χ4n) is 1.91. The fraction of sp³-hybridized carbons (Fsp3) is 0.200. The highest BCUT2D eigenvalue weighted by molar-refractivity contribution is 9.10. The van der Waals surface area contributed by atoms with E-state index >= 15 is 0 Å². The van der Waals surface area contributed by atoms with E-state index in [2.05, 4.69) is 20.7 Å². The third-order valence-electron chi connectivity index (χ3n) is 3.02. The van der Waals surface area contributed by atoms with Crippen molar-refractivity contribution in [3.05, 3.63) is 64.1 Å². The van der Waals surface area contributed by atoms with Crippen LogP contribution in [0.15, 0.2) is 57.9 Å². The second-order valence-electron chi connectivity index (χ2n) is 4.56. The smallest absolute Gasteiger partial charge is 0.241 e. The molecule has 0 bridgehead atoms. The molecule has 0 aliphatic heterocycles. The number of rotatable bonds is 6. The van der Waals surface area contributed by atoms with Crippen molar-refractivity contribution in [1.29, 1.82) is 0 Å². The van der Waals surface area contributed by atoms with Crippen molar-refractivity contribution >= 4 is 26.0 Å². The van der Waals surface area contributed by atoms with E-state index in [9.17, 15) is 8.42 Å². The number of hydrogen-bond donors (Lipinski definition) is 2. The van der Waals surface area contributed by atoms with Crippen molar-refractivity contribution in [1.82, 2.24) is 4.72 Å². The van der Waals surface area contributed by atoms with Gasteiger partial charge in [0.15, 0.2) is 0 Å². The first-order valence-corrected chi connectivity index (χ1v) is 8.73. The van der Waals surface area contributed by atoms with E-state index in [0.29, 0.717) is 23.0 Å². The van der Waals surface area contributed by atoms with Gasteiger partial charge in [0, 0.05) is 11.0 Å². The quantitative estimate of drug-likeness (QED) is 0.821. The topological polar surface area (TPSA) is 66.4 Å². The maximum absolute atomic E-state index is 12.2. The molecule has 0 radical (unpaired) electrons. The number of aliphatic hydroxyl groups is 1. The monoisotopic (exact) mass is 369 g/mol. The lowest BCUT2D eigenvalue weighted by molar-refractivity contribution is 0.281. The number of nitrogens with one attached hydrogen (secondary N) is 1. The SMILES string of the molecule is O=S(=O)(NCCc1ccccc1)c1ccc(CO)cc1Br. The van der Waals surface area contributed by atoms with Crippen LogP contribution in [-0.4, -0.2) is 20.1 Å². The van der Waals surface area contributed by atoms with Crippen molar-refractivity contribution in [2.24, 2.45) is 0 Å². The van der Waals surface area contributed by atoms with Gasteiger partial charge >= 0.3 is 0 Å². The van der Waals surface area contributed by atoms with Crippen molar-refractivity contribution in [2.75, 3.05) is 6.54 Å². The van der Waals surface area contributed by atoms with E-state index < -0.39 is 10.0 Å². The second kappa shape index (κ2) is 7.17. The molecule has 4 nitrogen and oxygen atoms in total. The normalized spacial score (nSPS) is 11.5. The van der Waals surface area contributed by atoms with Gasteiger partial charge in [0.05, 0.1) is 11.5 Å². The van der Waals surface area contributed by atoms with Crippen LogP contribution in [0.5, 0.6) is 0 Å². The summed E-state index contributed by atoms with van der Waals surface area (Å²) >= 11 is 3.23. The fourth-order valence-corrected chi connectivity index (χ4v) is 4.07. The molecule has 2 N–H and O–H groups in total. The zero-order valence-electron chi connectivity index (χ0n) is 11.3. The molecule has 0 aliphatic carbocycles. The molecule has 0 aromatic heterocycles. The van der Waals surface area contributed by atoms with Crippen LogP contribution >= 0.6 is 15.9 Å². The van der Waals surface area contributed by atoms with E-state index in [-0.39, 0.29) is 11.5 Å². The summed E-state index contributed by atoms with van der Waals surface area (Å²) < 4.78 is 27.5.